The molecule has 7 N–H and O–H groups in total. The molecule has 17 nitrogen and oxygen atoms in total. The van der Waals surface area contributed by atoms with E-state index in [0.29, 0.717) is 0 Å². The Morgan fingerprint density at radius 1 is 1.18 bits per heavy atom. The van der Waals surface area contributed by atoms with E-state index in [4.69, 9.17) is 29.5 Å². The topological polar surface area (TPSA) is 259 Å². The molecule has 39 heavy (non-hydrogen) atoms. The van der Waals surface area contributed by atoms with Gasteiger partial charge in [0.25, 0.3) is 5.56 Å². The lowest BCUT2D eigenvalue weighted by Gasteiger charge is -2.22. The smallest absolute Gasteiger partial charge is 0.364 e. The average Bonchev–Trinajstić information content (AvgIpc) is 3.14. The molecule has 2 heterocycles. The van der Waals surface area contributed by atoms with E-state index in [9.17, 15) is 33.1 Å². The second-order valence-electron chi connectivity index (χ2n) is 8.60. The van der Waals surface area contributed by atoms with Crippen molar-refractivity contribution in [1.82, 2.24) is 9.55 Å². The predicted octanol–water partition coefficient (Wildman–Crippen LogP) is 1.00. The normalized spacial score (nSPS) is 23.0. The molecule has 1 aliphatic heterocycles. The largest absolute Gasteiger partial charge is 0.490 e. The van der Waals surface area contributed by atoms with E-state index in [0.717, 1.165) is 10.8 Å². The molecule has 0 saturated carbocycles. The van der Waals surface area contributed by atoms with Crippen LogP contribution in [-0.2, 0) is 36.3 Å². The van der Waals surface area contributed by atoms with Gasteiger partial charge in [-0.1, -0.05) is 54.2 Å². The molecular weight excluding hydrogens is 627 g/mol. The number of rotatable bonds is 12. The first-order valence-corrected chi connectivity index (χ1v) is 17.6. The van der Waals surface area contributed by atoms with Gasteiger partial charge in [0.05, 0.1) is 19.3 Å². The zero-order valence-corrected chi connectivity index (χ0v) is 25.0. The van der Waals surface area contributed by atoms with Crippen LogP contribution in [0.1, 0.15) is 39.0 Å². The van der Waals surface area contributed by atoms with Crippen molar-refractivity contribution in [3.63, 3.8) is 0 Å². The highest BCUT2D eigenvalue weighted by atomic mass is 33.1. The van der Waals surface area contributed by atoms with Crippen LogP contribution in [-0.4, -0.2) is 65.2 Å². The lowest BCUT2D eigenvalue weighted by molar-refractivity contribution is -0.0543. The summed E-state index contributed by atoms with van der Waals surface area (Å²) < 4.78 is 59.1. The van der Waals surface area contributed by atoms with Crippen LogP contribution in [0.4, 0.5) is 0 Å². The lowest BCUT2D eigenvalue weighted by Crippen LogP contribution is -2.33. The summed E-state index contributed by atoms with van der Waals surface area (Å²) in [5.74, 6) is 5.14. The Bertz CT molecular complexity index is 1330. The van der Waals surface area contributed by atoms with Gasteiger partial charge >= 0.3 is 29.2 Å². The maximum atomic E-state index is 12.5. The van der Waals surface area contributed by atoms with Crippen LogP contribution in [0, 0.1) is 11.8 Å². The number of phosphoric acid groups is 3. The van der Waals surface area contributed by atoms with Crippen LogP contribution in [0.15, 0.2) is 15.8 Å². The highest BCUT2D eigenvalue weighted by molar-refractivity contribution is 8.77. The van der Waals surface area contributed by atoms with Gasteiger partial charge in [-0.25, -0.2) is 18.5 Å². The van der Waals surface area contributed by atoms with Crippen molar-refractivity contribution >= 4 is 45.1 Å². The zero-order chi connectivity index (χ0) is 29.6. The zero-order valence-electron chi connectivity index (χ0n) is 20.7. The van der Waals surface area contributed by atoms with E-state index in [1.165, 1.54) is 21.6 Å². The number of nitrogens with zero attached hydrogens (tertiary/aromatic N) is 1. The van der Waals surface area contributed by atoms with Gasteiger partial charge < -0.3 is 34.8 Å². The minimum atomic E-state index is -5.72. The Kier molecular flexibility index (Phi) is 12.3. The van der Waals surface area contributed by atoms with Crippen LogP contribution in [0.2, 0.25) is 0 Å². The summed E-state index contributed by atoms with van der Waals surface area (Å²) in [5, 5.41) is 0. The fourth-order valence-electron chi connectivity index (χ4n) is 2.92. The molecule has 0 amide bonds. The second kappa shape index (κ2) is 13.9. The molecule has 0 bridgehead atoms. The van der Waals surface area contributed by atoms with E-state index in [2.05, 4.69) is 25.4 Å². The summed E-state index contributed by atoms with van der Waals surface area (Å²) in [5.41, 5.74) is 3.67. The van der Waals surface area contributed by atoms with Gasteiger partial charge in [0.15, 0.2) is 0 Å². The molecule has 1 aliphatic rings. The molecule has 1 fully saturated rings. The lowest BCUT2D eigenvalue weighted by atomic mass is 10.2. The number of H-pyrrole nitrogens is 1. The first-order valence-electron chi connectivity index (χ1n) is 10.7. The highest BCUT2D eigenvalue weighted by Gasteiger charge is 2.43. The number of aromatic amines is 1. The van der Waals surface area contributed by atoms with Gasteiger partial charge in [0.1, 0.15) is 23.8 Å². The molecule has 5 unspecified atom stereocenters. The average molecular weight is 655 g/mol. The molecular formula is C17H28N3O14P3S2. The van der Waals surface area contributed by atoms with Crippen molar-refractivity contribution in [2.75, 3.05) is 19.1 Å². The summed E-state index contributed by atoms with van der Waals surface area (Å²) in [6.45, 7) is 5.12. The SMILES string of the molecule is CC(C)(C)SSCOC1CC(n2cc(C#CCN)c(=O)[nH]c2=O)OC1COP(=O)(O)OP(=O)(O)OP(=O)(O)O. The third-order valence-electron chi connectivity index (χ3n) is 4.24. The fourth-order valence-corrected chi connectivity index (χ4v) is 7.95. The van der Waals surface area contributed by atoms with Crippen molar-refractivity contribution in [3.8, 4) is 11.8 Å². The summed E-state index contributed by atoms with van der Waals surface area (Å²) in [6.07, 6.45) is -1.92. The standard InChI is InChI=1S/C17H28N3O14P3S2/c1-17(2,3)39-38-10-30-12-7-14(20-8-11(5-4-6-18)15(21)19-16(20)22)32-13(12)9-31-36(26,27)34-37(28,29)33-35(23,24)25/h8,12-14H,6-7,9-10,18H2,1-3H3,(H,26,27)(H,28,29)(H,19,21,22)(H2,23,24,25). The van der Waals surface area contributed by atoms with Gasteiger partial charge in [-0.2, -0.15) is 8.62 Å². The molecule has 0 aliphatic carbocycles. The number of hydrogen-bond acceptors (Lipinski definition) is 13. The van der Waals surface area contributed by atoms with Crippen LogP contribution in [0.5, 0.6) is 0 Å². The van der Waals surface area contributed by atoms with Crippen molar-refractivity contribution in [2.24, 2.45) is 5.73 Å². The number of nitrogens with one attached hydrogen (secondary N) is 1. The van der Waals surface area contributed by atoms with Gasteiger partial charge in [-0.15, -0.1) is 0 Å². The molecule has 0 aromatic carbocycles. The van der Waals surface area contributed by atoms with Crippen molar-refractivity contribution in [3.05, 3.63) is 32.6 Å². The number of phosphoric ester groups is 1. The third kappa shape index (κ3) is 12.3. The van der Waals surface area contributed by atoms with E-state index in [1.54, 1.807) is 0 Å². The van der Waals surface area contributed by atoms with Crippen molar-refractivity contribution in [1.29, 1.82) is 0 Å². The molecule has 1 saturated heterocycles. The first-order chi connectivity index (χ1) is 17.8. The molecule has 222 valence electrons. The molecule has 1 aromatic heterocycles. The molecule has 5 atom stereocenters. The summed E-state index contributed by atoms with van der Waals surface area (Å²) >= 11 is 0. The van der Waals surface area contributed by atoms with Crippen molar-refractivity contribution in [2.45, 2.75) is 50.4 Å². The number of nitrogens with two attached hydrogens (primary N) is 1. The van der Waals surface area contributed by atoms with Crippen LogP contribution in [0.25, 0.3) is 0 Å². The summed E-state index contributed by atoms with van der Waals surface area (Å²) in [4.78, 5) is 63.0. The third-order valence-corrected chi connectivity index (χ3v) is 11.0. The Morgan fingerprint density at radius 3 is 2.44 bits per heavy atom. The number of ether oxygens (including phenoxy) is 2. The predicted molar refractivity (Wildman–Crippen MR) is 140 cm³/mol. The first kappa shape index (κ1) is 34.4. The Labute approximate surface area is 230 Å². The summed E-state index contributed by atoms with van der Waals surface area (Å²) in [7, 11) is -13.8. The maximum Gasteiger partial charge on any atom is 0.490 e. The minimum Gasteiger partial charge on any atom is -0.364 e. The van der Waals surface area contributed by atoms with Crippen molar-refractivity contribution < 1.29 is 55.9 Å². The molecule has 1 aromatic rings. The fraction of sp³-hybridized carbons (Fsp3) is 0.647. The summed E-state index contributed by atoms with van der Waals surface area (Å²) in [6, 6.07) is 0. The van der Waals surface area contributed by atoms with E-state index in [-0.39, 0.29) is 29.2 Å². The Hall–Kier alpha value is -0.770. The highest BCUT2D eigenvalue weighted by Crippen LogP contribution is 2.66. The van der Waals surface area contributed by atoms with Gasteiger partial charge in [0.2, 0.25) is 0 Å². The van der Waals surface area contributed by atoms with Gasteiger partial charge in [-0.05, 0) is 0 Å². The quantitative estimate of drug-likeness (QED) is 0.0603. The monoisotopic (exact) mass is 655 g/mol. The minimum absolute atomic E-state index is 0.000870. The van der Waals surface area contributed by atoms with Gasteiger partial charge in [0, 0.05) is 17.4 Å². The van der Waals surface area contributed by atoms with Crippen LogP contribution < -0.4 is 17.0 Å². The molecule has 22 heteroatoms. The van der Waals surface area contributed by atoms with Crippen LogP contribution >= 0.6 is 45.1 Å². The van der Waals surface area contributed by atoms with E-state index in [1.807, 2.05) is 20.8 Å². The van der Waals surface area contributed by atoms with E-state index < -0.39 is 59.8 Å². The van der Waals surface area contributed by atoms with Crippen LogP contribution in [0.3, 0.4) is 0 Å². The number of aromatic nitrogens is 2. The van der Waals surface area contributed by atoms with E-state index >= 15 is 0 Å². The van der Waals surface area contributed by atoms with Gasteiger partial charge in [-0.3, -0.25) is 18.9 Å². The molecule has 2 rings (SSSR count). The Morgan fingerprint density at radius 2 is 1.85 bits per heavy atom. The second-order valence-corrected chi connectivity index (χ2v) is 16.1. The molecule has 0 spiro atoms. The molecule has 0 radical (unpaired) electrons. The number of hydrogen-bond donors (Lipinski definition) is 6. The maximum absolute atomic E-state index is 12.5. The Balaban J connectivity index is 2.22.